The summed E-state index contributed by atoms with van der Waals surface area (Å²) in [6, 6.07) is 8.55. The molecule has 2 rings (SSSR count). The van der Waals surface area contributed by atoms with E-state index in [9.17, 15) is 4.39 Å². The van der Waals surface area contributed by atoms with Gasteiger partial charge in [0.05, 0.1) is 5.56 Å². The van der Waals surface area contributed by atoms with Gasteiger partial charge in [0.15, 0.2) is 0 Å². The van der Waals surface area contributed by atoms with Crippen molar-refractivity contribution < 1.29 is 9.13 Å². The minimum Gasteiger partial charge on any atom is -0.456 e. The van der Waals surface area contributed by atoms with E-state index in [0.29, 0.717) is 11.5 Å². The molecular formula is C16H16FNOS. The summed E-state index contributed by atoms with van der Waals surface area (Å²) in [6.45, 7) is 5.92. The van der Waals surface area contributed by atoms with Gasteiger partial charge in [0.2, 0.25) is 0 Å². The lowest BCUT2D eigenvalue weighted by Gasteiger charge is -2.16. The summed E-state index contributed by atoms with van der Waals surface area (Å²) in [7, 11) is 0. The maximum atomic E-state index is 13.8. The van der Waals surface area contributed by atoms with Crippen LogP contribution in [0, 0.1) is 26.6 Å². The van der Waals surface area contributed by atoms with Crippen molar-refractivity contribution in [3.05, 3.63) is 58.4 Å². The summed E-state index contributed by atoms with van der Waals surface area (Å²) >= 11 is 4.90. The maximum absolute atomic E-state index is 13.8. The Morgan fingerprint density at radius 2 is 1.75 bits per heavy atom. The Bertz CT molecular complexity index is 682. The molecule has 0 radical (unpaired) electrons. The fourth-order valence-electron chi connectivity index (χ4n) is 2.02. The van der Waals surface area contributed by atoms with E-state index >= 15 is 0 Å². The molecule has 0 aliphatic rings. The number of halogens is 1. The quantitative estimate of drug-likeness (QED) is 0.861. The van der Waals surface area contributed by atoms with E-state index in [0.717, 1.165) is 16.7 Å². The van der Waals surface area contributed by atoms with Gasteiger partial charge in [-0.1, -0.05) is 30.4 Å². The number of rotatable bonds is 3. The maximum Gasteiger partial charge on any atom is 0.140 e. The topological polar surface area (TPSA) is 35.2 Å². The molecule has 0 bridgehead atoms. The molecule has 0 fully saturated rings. The van der Waals surface area contributed by atoms with E-state index in [1.54, 1.807) is 12.1 Å². The highest BCUT2D eigenvalue weighted by Gasteiger charge is 2.15. The predicted molar refractivity (Wildman–Crippen MR) is 83.0 cm³/mol. The molecule has 2 nitrogen and oxygen atoms in total. The molecule has 0 amide bonds. The zero-order valence-electron chi connectivity index (χ0n) is 11.7. The molecule has 0 saturated carbocycles. The largest absolute Gasteiger partial charge is 0.456 e. The predicted octanol–water partition coefficient (Wildman–Crippen LogP) is 4.18. The SMILES string of the molecule is Cc1ccc(C)c(Oc2cccc(F)c2C(N)=S)c1C. The van der Waals surface area contributed by atoms with E-state index in [2.05, 4.69) is 0 Å². The minimum atomic E-state index is -0.474. The van der Waals surface area contributed by atoms with Gasteiger partial charge in [-0.05, 0) is 49.6 Å². The molecule has 0 spiro atoms. The standard InChI is InChI=1S/C16H16FNOS/c1-9-7-8-10(2)15(11(9)3)19-13-6-4-5-12(17)14(13)16(18)20/h4-8H,1-3H3,(H2,18,20). The van der Waals surface area contributed by atoms with Crippen molar-refractivity contribution in [2.24, 2.45) is 5.73 Å². The average Bonchev–Trinajstić information content (AvgIpc) is 2.39. The lowest BCUT2D eigenvalue weighted by Crippen LogP contribution is -2.13. The van der Waals surface area contributed by atoms with Crippen LogP contribution < -0.4 is 10.5 Å². The Balaban J connectivity index is 2.54. The number of ether oxygens (including phenoxy) is 1. The smallest absolute Gasteiger partial charge is 0.140 e. The van der Waals surface area contributed by atoms with Crippen LogP contribution >= 0.6 is 12.2 Å². The molecule has 4 heteroatoms. The summed E-state index contributed by atoms with van der Waals surface area (Å²) in [6.07, 6.45) is 0. The van der Waals surface area contributed by atoms with Gasteiger partial charge in [0, 0.05) is 0 Å². The van der Waals surface area contributed by atoms with Crippen molar-refractivity contribution >= 4 is 17.2 Å². The number of aryl methyl sites for hydroxylation is 2. The highest BCUT2D eigenvalue weighted by molar-refractivity contribution is 7.80. The van der Waals surface area contributed by atoms with Gasteiger partial charge in [-0.25, -0.2) is 4.39 Å². The molecule has 2 aromatic carbocycles. The van der Waals surface area contributed by atoms with E-state index < -0.39 is 5.82 Å². The lowest BCUT2D eigenvalue weighted by molar-refractivity contribution is 0.468. The van der Waals surface area contributed by atoms with Gasteiger partial charge in [-0.3, -0.25) is 0 Å². The second-order valence-electron chi connectivity index (χ2n) is 4.73. The van der Waals surface area contributed by atoms with Crippen LogP contribution in [0.15, 0.2) is 30.3 Å². The van der Waals surface area contributed by atoms with Crippen molar-refractivity contribution in [1.82, 2.24) is 0 Å². The molecule has 0 aliphatic carbocycles. The molecule has 104 valence electrons. The van der Waals surface area contributed by atoms with Crippen molar-refractivity contribution in [2.45, 2.75) is 20.8 Å². The van der Waals surface area contributed by atoms with Gasteiger partial charge in [0.1, 0.15) is 22.3 Å². The van der Waals surface area contributed by atoms with Crippen LogP contribution in [0.4, 0.5) is 4.39 Å². The molecule has 2 aromatic rings. The normalized spacial score (nSPS) is 10.4. The van der Waals surface area contributed by atoms with Gasteiger partial charge >= 0.3 is 0 Å². The second kappa shape index (κ2) is 5.59. The average molecular weight is 289 g/mol. The Morgan fingerprint density at radius 1 is 1.10 bits per heavy atom. The molecule has 0 heterocycles. The van der Waals surface area contributed by atoms with Crippen molar-refractivity contribution in [1.29, 1.82) is 0 Å². The van der Waals surface area contributed by atoms with Crippen LogP contribution in [-0.4, -0.2) is 4.99 Å². The van der Waals surface area contributed by atoms with Crippen LogP contribution in [0.25, 0.3) is 0 Å². The molecular weight excluding hydrogens is 273 g/mol. The van der Waals surface area contributed by atoms with Gasteiger partial charge in [0.25, 0.3) is 0 Å². The third kappa shape index (κ3) is 2.65. The Morgan fingerprint density at radius 3 is 2.40 bits per heavy atom. The van der Waals surface area contributed by atoms with Crippen LogP contribution in [0.3, 0.4) is 0 Å². The summed E-state index contributed by atoms with van der Waals surface area (Å²) in [5.41, 5.74) is 8.83. The molecule has 0 saturated heterocycles. The number of hydrogen-bond donors (Lipinski definition) is 1. The lowest BCUT2D eigenvalue weighted by atomic mass is 10.1. The molecule has 0 unspecified atom stereocenters. The Hall–Kier alpha value is -1.94. The monoisotopic (exact) mass is 289 g/mol. The zero-order valence-corrected chi connectivity index (χ0v) is 12.5. The molecule has 0 aliphatic heterocycles. The first-order valence-corrected chi connectivity index (χ1v) is 6.65. The van der Waals surface area contributed by atoms with Crippen LogP contribution in [-0.2, 0) is 0 Å². The third-order valence-corrected chi connectivity index (χ3v) is 3.51. The van der Waals surface area contributed by atoms with E-state index in [1.807, 2.05) is 32.9 Å². The molecule has 2 N–H and O–H groups in total. The van der Waals surface area contributed by atoms with Crippen molar-refractivity contribution in [3.63, 3.8) is 0 Å². The van der Waals surface area contributed by atoms with E-state index in [4.69, 9.17) is 22.7 Å². The van der Waals surface area contributed by atoms with Crippen LogP contribution in [0.1, 0.15) is 22.3 Å². The fraction of sp³-hybridized carbons (Fsp3) is 0.188. The van der Waals surface area contributed by atoms with Gasteiger partial charge in [-0.2, -0.15) is 0 Å². The molecule has 0 atom stereocenters. The van der Waals surface area contributed by atoms with Crippen LogP contribution in [0.5, 0.6) is 11.5 Å². The Labute approximate surface area is 123 Å². The molecule has 0 aromatic heterocycles. The third-order valence-electron chi connectivity index (χ3n) is 3.31. The van der Waals surface area contributed by atoms with Crippen LogP contribution in [0.2, 0.25) is 0 Å². The van der Waals surface area contributed by atoms with Crippen molar-refractivity contribution in [3.8, 4) is 11.5 Å². The Kier molecular flexibility index (Phi) is 4.04. The first-order valence-electron chi connectivity index (χ1n) is 6.24. The minimum absolute atomic E-state index is 0.0129. The number of benzene rings is 2. The fourth-order valence-corrected chi connectivity index (χ4v) is 2.22. The summed E-state index contributed by atoms with van der Waals surface area (Å²) in [5, 5.41) is 0. The first kappa shape index (κ1) is 14.5. The highest BCUT2D eigenvalue weighted by atomic mass is 32.1. The highest BCUT2D eigenvalue weighted by Crippen LogP contribution is 2.33. The number of nitrogens with two attached hydrogens (primary N) is 1. The van der Waals surface area contributed by atoms with Gasteiger partial charge < -0.3 is 10.5 Å². The summed E-state index contributed by atoms with van der Waals surface area (Å²) in [5.74, 6) is 0.584. The second-order valence-corrected chi connectivity index (χ2v) is 5.17. The number of hydrogen-bond acceptors (Lipinski definition) is 2. The van der Waals surface area contributed by atoms with Crippen molar-refractivity contribution in [2.75, 3.05) is 0 Å². The summed E-state index contributed by atoms with van der Waals surface area (Å²) < 4.78 is 19.7. The first-order chi connectivity index (χ1) is 9.41. The van der Waals surface area contributed by atoms with Gasteiger partial charge in [-0.15, -0.1) is 0 Å². The zero-order chi connectivity index (χ0) is 14.9. The van der Waals surface area contributed by atoms with E-state index in [-0.39, 0.29) is 10.6 Å². The number of thiocarbonyl (C=S) groups is 1. The van der Waals surface area contributed by atoms with E-state index in [1.165, 1.54) is 6.07 Å². The molecule has 20 heavy (non-hydrogen) atoms. The summed E-state index contributed by atoms with van der Waals surface area (Å²) in [4.78, 5) is -0.0129.